The number of hydrogen-bond acceptors (Lipinski definition) is 1. The van der Waals surface area contributed by atoms with Crippen molar-refractivity contribution in [2.45, 2.75) is 13.0 Å². The predicted molar refractivity (Wildman–Crippen MR) is 42.0 cm³/mol. The molecule has 0 heterocycles. The fraction of sp³-hybridized carbons (Fsp3) is 0.250. The minimum atomic E-state index is -1.19. The largest absolute Gasteiger partial charge is 0.388 e. The van der Waals surface area contributed by atoms with Gasteiger partial charge in [0, 0.05) is 0 Å². The SMILES string of the molecule is C[C@H](O)c1c(F)ccc(Cl)c1F. The van der Waals surface area contributed by atoms with Crippen molar-refractivity contribution >= 4 is 11.6 Å². The minimum Gasteiger partial charge on any atom is -0.388 e. The summed E-state index contributed by atoms with van der Waals surface area (Å²) in [6.45, 7) is 1.28. The average molecular weight is 193 g/mol. The van der Waals surface area contributed by atoms with E-state index in [9.17, 15) is 8.78 Å². The molecule has 0 saturated heterocycles. The van der Waals surface area contributed by atoms with Crippen LogP contribution in [0.25, 0.3) is 0 Å². The quantitative estimate of drug-likeness (QED) is 0.679. The van der Waals surface area contributed by atoms with Crippen LogP contribution in [0.15, 0.2) is 12.1 Å². The summed E-state index contributed by atoms with van der Waals surface area (Å²) >= 11 is 5.38. The maximum Gasteiger partial charge on any atom is 0.150 e. The first-order valence-corrected chi connectivity index (χ1v) is 3.73. The Kier molecular flexibility index (Phi) is 2.65. The summed E-state index contributed by atoms with van der Waals surface area (Å²) in [5, 5.41) is 8.78. The number of halogens is 3. The van der Waals surface area contributed by atoms with E-state index in [-0.39, 0.29) is 10.6 Å². The third kappa shape index (κ3) is 1.57. The molecule has 1 nitrogen and oxygen atoms in total. The number of hydrogen-bond donors (Lipinski definition) is 1. The number of aliphatic hydroxyl groups is 1. The van der Waals surface area contributed by atoms with Gasteiger partial charge in [-0.15, -0.1) is 0 Å². The Bertz CT molecular complexity index is 299. The Morgan fingerprint density at radius 3 is 2.42 bits per heavy atom. The van der Waals surface area contributed by atoms with Crippen LogP contribution >= 0.6 is 11.6 Å². The molecule has 0 aliphatic heterocycles. The van der Waals surface area contributed by atoms with Gasteiger partial charge in [0.2, 0.25) is 0 Å². The van der Waals surface area contributed by atoms with Crippen molar-refractivity contribution < 1.29 is 13.9 Å². The van der Waals surface area contributed by atoms with Crippen LogP contribution in [0.5, 0.6) is 0 Å². The van der Waals surface area contributed by atoms with Crippen molar-refractivity contribution in [1.29, 1.82) is 0 Å². The molecule has 0 unspecified atom stereocenters. The lowest BCUT2D eigenvalue weighted by molar-refractivity contribution is 0.188. The van der Waals surface area contributed by atoms with Gasteiger partial charge in [0.25, 0.3) is 0 Å². The third-order valence-corrected chi connectivity index (χ3v) is 1.79. The standard InChI is InChI=1S/C8H7ClF2O/c1-4(12)7-6(10)3-2-5(9)8(7)11/h2-4,12H,1H3/t4-/m0/s1. The summed E-state index contributed by atoms with van der Waals surface area (Å²) in [5.74, 6) is -1.68. The van der Waals surface area contributed by atoms with E-state index in [0.717, 1.165) is 12.1 Å². The highest BCUT2D eigenvalue weighted by Gasteiger charge is 2.16. The van der Waals surface area contributed by atoms with E-state index >= 15 is 0 Å². The zero-order valence-electron chi connectivity index (χ0n) is 6.31. The maximum absolute atomic E-state index is 13.0. The van der Waals surface area contributed by atoms with Gasteiger partial charge in [-0.1, -0.05) is 11.6 Å². The van der Waals surface area contributed by atoms with Gasteiger partial charge in [-0.05, 0) is 19.1 Å². The monoisotopic (exact) mass is 192 g/mol. The van der Waals surface area contributed by atoms with Crippen molar-refractivity contribution in [3.8, 4) is 0 Å². The van der Waals surface area contributed by atoms with Gasteiger partial charge in [0.1, 0.15) is 5.82 Å². The van der Waals surface area contributed by atoms with Gasteiger partial charge in [0.05, 0.1) is 16.7 Å². The summed E-state index contributed by atoms with van der Waals surface area (Å²) in [4.78, 5) is 0. The van der Waals surface area contributed by atoms with Crippen LogP contribution in [0, 0.1) is 11.6 Å². The summed E-state index contributed by atoms with van der Waals surface area (Å²) in [6.07, 6.45) is -1.19. The van der Waals surface area contributed by atoms with Gasteiger partial charge in [-0.25, -0.2) is 8.78 Å². The van der Waals surface area contributed by atoms with Crippen LogP contribution in [0.1, 0.15) is 18.6 Å². The molecule has 4 heteroatoms. The molecule has 0 bridgehead atoms. The number of benzene rings is 1. The van der Waals surface area contributed by atoms with E-state index in [1.165, 1.54) is 6.92 Å². The minimum absolute atomic E-state index is 0.188. The summed E-state index contributed by atoms with van der Waals surface area (Å²) < 4.78 is 25.8. The van der Waals surface area contributed by atoms with Gasteiger partial charge in [-0.3, -0.25) is 0 Å². The van der Waals surface area contributed by atoms with Crippen LogP contribution in [0.2, 0.25) is 5.02 Å². The van der Waals surface area contributed by atoms with Gasteiger partial charge in [0.15, 0.2) is 5.82 Å². The van der Waals surface area contributed by atoms with Crippen LogP contribution in [-0.2, 0) is 0 Å². The molecule has 1 atom stereocenters. The smallest absolute Gasteiger partial charge is 0.150 e. The van der Waals surface area contributed by atoms with E-state index in [4.69, 9.17) is 16.7 Å². The second-order valence-corrected chi connectivity index (χ2v) is 2.84. The predicted octanol–water partition coefficient (Wildman–Crippen LogP) is 2.67. The lowest BCUT2D eigenvalue weighted by Crippen LogP contribution is -2.00. The van der Waals surface area contributed by atoms with Crippen molar-refractivity contribution in [3.05, 3.63) is 34.4 Å². The molecule has 1 rings (SSSR count). The Labute approximate surface area is 73.6 Å². The van der Waals surface area contributed by atoms with Crippen molar-refractivity contribution in [1.82, 2.24) is 0 Å². The second kappa shape index (κ2) is 3.37. The lowest BCUT2D eigenvalue weighted by Gasteiger charge is -2.07. The molecule has 0 saturated carbocycles. The molecule has 12 heavy (non-hydrogen) atoms. The summed E-state index contributed by atoms with van der Waals surface area (Å²) in [5.41, 5.74) is -0.387. The van der Waals surface area contributed by atoms with Crippen LogP contribution in [-0.4, -0.2) is 5.11 Å². The Balaban J connectivity index is 3.33. The highest BCUT2D eigenvalue weighted by atomic mass is 35.5. The molecular formula is C8H7ClF2O. The van der Waals surface area contributed by atoms with Crippen molar-refractivity contribution in [2.24, 2.45) is 0 Å². The molecule has 1 aromatic rings. The van der Waals surface area contributed by atoms with Gasteiger partial charge < -0.3 is 5.11 Å². The molecule has 0 aliphatic rings. The molecular weight excluding hydrogens is 186 g/mol. The summed E-state index contributed by atoms with van der Waals surface area (Å²) in [6, 6.07) is 2.13. The first kappa shape index (κ1) is 9.42. The third-order valence-electron chi connectivity index (χ3n) is 1.50. The molecule has 0 radical (unpaired) electrons. The molecule has 1 N–H and O–H groups in total. The second-order valence-electron chi connectivity index (χ2n) is 2.43. The first-order chi connectivity index (χ1) is 5.54. The van der Waals surface area contributed by atoms with Crippen molar-refractivity contribution in [3.63, 3.8) is 0 Å². The lowest BCUT2D eigenvalue weighted by atomic mass is 10.1. The van der Waals surface area contributed by atoms with E-state index in [0.29, 0.717) is 0 Å². The van der Waals surface area contributed by atoms with E-state index in [1.54, 1.807) is 0 Å². The number of aliphatic hydroxyl groups excluding tert-OH is 1. The number of rotatable bonds is 1. The molecule has 0 amide bonds. The van der Waals surface area contributed by atoms with Gasteiger partial charge in [-0.2, -0.15) is 0 Å². The van der Waals surface area contributed by atoms with E-state index < -0.39 is 17.7 Å². The van der Waals surface area contributed by atoms with E-state index in [1.807, 2.05) is 0 Å². The zero-order valence-corrected chi connectivity index (χ0v) is 7.07. The fourth-order valence-corrected chi connectivity index (χ4v) is 1.09. The van der Waals surface area contributed by atoms with Crippen molar-refractivity contribution in [2.75, 3.05) is 0 Å². The van der Waals surface area contributed by atoms with E-state index in [2.05, 4.69) is 0 Å². The maximum atomic E-state index is 13.0. The Morgan fingerprint density at radius 2 is 2.00 bits per heavy atom. The molecule has 0 fully saturated rings. The van der Waals surface area contributed by atoms with Crippen LogP contribution in [0.4, 0.5) is 8.78 Å². The Morgan fingerprint density at radius 1 is 1.42 bits per heavy atom. The average Bonchev–Trinajstić information content (AvgIpc) is 1.97. The fourth-order valence-electron chi connectivity index (χ4n) is 0.926. The van der Waals surface area contributed by atoms with Gasteiger partial charge >= 0.3 is 0 Å². The zero-order chi connectivity index (χ0) is 9.30. The topological polar surface area (TPSA) is 20.2 Å². The first-order valence-electron chi connectivity index (χ1n) is 3.35. The molecule has 0 aliphatic carbocycles. The molecule has 0 aromatic heterocycles. The molecule has 1 aromatic carbocycles. The molecule has 66 valence electrons. The Hall–Kier alpha value is -0.670. The van der Waals surface area contributed by atoms with Crippen LogP contribution < -0.4 is 0 Å². The van der Waals surface area contributed by atoms with Crippen LogP contribution in [0.3, 0.4) is 0 Å². The normalized spacial score (nSPS) is 13.1. The summed E-state index contributed by atoms with van der Waals surface area (Å²) in [7, 11) is 0. The molecule has 0 spiro atoms. The highest BCUT2D eigenvalue weighted by Crippen LogP contribution is 2.25. The highest BCUT2D eigenvalue weighted by molar-refractivity contribution is 6.30.